The fourth-order valence-electron chi connectivity index (χ4n) is 10.4. The lowest BCUT2D eigenvalue weighted by molar-refractivity contribution is 0.967. The molecule has 4 nitrogen and oxygen atoms in total. The molecule has 0 radical (unpaired) electrons. The van der Waals surface area contributed by atoms with Crippen LogP contribution in [0, 0.1) is 0 Å². The number of hydrogen-bond donors (Lipinski definition) is 0. The molecule has 0 amide bonds. The Balaban J connectivity index is 0.000000226. The highest BCUT2D eigenvalue weighted by molar-refractivity contribution is 6.10. The molecule has 2 aromatic heterocycles. The van der Waals surface area contributed by atoms with Gasteiger partial charge >= 0.3 is 0 Å². The van der Waals surface area contributed by atoms with Crippen molar-refractivity contribution in [3.63, 3.8) is 0 Å². The molecule has 0 atom stereocenters. The van der Waals surface area contributed by atoms with E-state index >= 15 is 0 Å². The Morgan fingerprint density at radius 1 is 0.338 bits per heavy atom. The molecular weight excluding hydrogens is 861 g/mol. The predicted octanol–water partition coefficient (Wildman–Crippen LogP) is 17.9. The number of anilines is 5. The summed E-state index contributed by atoms with van der Waals surface area (Å²) in [4.78, 5) is 4.55. The zero-order valence-electron chi connectivity index (χ0n) is 39.7. The van der Waals surface area contributed by atoms with E-state index in [1.165, 1.54) is 77.6 Å². The van der Waals surface area contributed by atoms with Crippen LogP contribution in [-0.2, 0) is 6.42 Å². The van der Waals surface area contributed by atoms with Gasteiger partial charge in [-0.05, 0) is 144 Å². The van der Waals surface area contributed by atoms with Crippen molar-refractivity contribution in [3.8, 4) is 33.6 Å². The quantitative estimate of drug-likeness (QED) is 0.143. The molecule has 0 N–H and O–H groups in total. The van der Waals surface area contributed by atoms with E-state index in [1.807, 2.05) is 6.07 Å². The van der Waals surface area contributed by atoms with Crippen LogP contribution in [0.4, 0.5) is 28.4 Å². The third-order valence-electron chi connectivity index (χ3n) is 13.9. The Bertz CT molecular complexity index is 3780. The van der Waals surface area contributed by atoms with Gasteiger partial charge in [0.25, 0.3) is 0 Å². The summed E-state index contributed by atoms with van der Waals surface area (Å²) in [6.07, 6.45) is 6.84. The van der Waals surface area contributed by atoms with Gasteiger partial charge in [-0.15, -0.1) is 0 Å². The van der Waals surface area contributed by atoms with Gasteiger partial charge in [-0.25, -0.2) is 0 Å². The fraction of sp³-hybridized carbons (Fsp3) is 0.0448. The van der Waals surface area contributed by atoms with Crippen molar-refractivity contribution in [1.29, 1.82) is 0 Å². The Labute approximate surface area is 415 Å². The van der Waals surface area contributed by atoms with Crippen molar-refractivity contribution in [3.05, 3.63) is 278 Å². The van der Waals surface area contributed by atoms with Gasteiger partial charge in [0.1, 0.15) is 0 Å². The molecule has 71 heavy (non-hydrogen) atoms. The second kappa shape index (κ2) is 19.1. The average Bonchev–Trinajstić information content (AvgIpc) is 3.97. The van der Waals surface area contributed by atoms with E-state index in [-0.39, 0.29) is 0 Å². The van der Waals surface area contributed by atoms with E-state index in [4.69, 9.17) is 0 Å². The first kappa shape index (κ1) is 43.2. The molecule has 0 unspecified atom stereocenters. The monoisotopic (exact) mass is 912 g/mol. The maximum Gasteiger partial charge on any atom is 0.0561 e. The highest BCUT2D eigenvalue weighted by Gasteiger charge is 2.19. The van der Waals surface area contributed by atoms with Gasteiger partial charge in [-0.2, -0.15) is 0 Å². The molecule has 0 aliphatic heterocycles. The fourth-order valence-corrected chi connectivity index (χ4v) is 10.4. The van der Waals surface area contributed by atoms with Gasteiger partial charge < -0.3 is 18.9 Å². The molecule has 10 aromatic carbocycles. The maximum atomic E-state index is 2.38. The molecule has 0 saturated carbocycles. The topological polar surface area (TPSA) is 16.3 Å². The number of para-hydroxylation sites is 6. The summed E-state index contributed by atoms with van der Waals surface area (Å²) in [5.41, 5.74) is 19.4. The molecule has 1 aliphatic carbocycles. The minimum atomic E-state index is 1.11. The Morgan fingerprint density at radius 3 is 1.34 bits per heavy atom. The van der Waals surface area contributed by atoms with Crippen LogP contribution >= 0.6 is 0 Å². The molecule has 12 aromatic rings. The molecule has 13 rings (SSSR count). The van der Waals surface area contributed by atoms with Crippen LogP contribution in [0.25, 0.3) is 72.4 Å². The third kappa shape index (κ3) is 8.36. The minimum absolute atomic E-state index is 1.11. The molecule has 0 bridgehead atoms. The van der Waals surface area contributed by atoms with Crippen molar-refractivity contribution in [2.75, 3.05) is 16.8 Å². The van der Waals surface area contributed by atoms with Gasteiger partial charge in [0, 0.05) is 68.7 Å². The number of hydrogen-bond acceptors (Lipinski definition) is 2. The first-order valence-electron chi connectivity index (χ1n) is 24.5. The highest BCUT2D eigenvalue weighted by atomic mass is 15.1. The summed E-state index contributed by atoms with van der Waals surface area (Å²) in [7, 11) is 2.10. The number of aromatic nitrogens is 2. The first-order chi connectivity index (χ1) is 35.2. The molecule has 340 valence electrons. The van der Waals surface area contributed by atoms with Gasteiger partial charge in [0.15, 0.2) is 0 Å². The van der Waals surface area contributed by atoms with Crippen molar-refractivity contribution in [2.24, 2.45) is 0 Å². The summed E-state index contributed by atoms with van der Waals surface area (Å²) in [6, 6.07) is 93.2. The smallest absolute Gasteiger partial charge is 0.0561 e. The molecular formula is C67H52N4. The normalized spacial score (nSPS) is 11.8. The van der Waals surface area contributed by atoms with Gasteiger partial charge in [0.05, 0.1) is 16.6 Å². The SMILES string of the molecule is C1=Cc2c(c3ccccc3n2-c2ccccc2)CC1.CN(c1ccccc1)c1ccc(-c2ccc(-c3ccc(N(c4ccccc4)c4ccc5c6ccccc6n(-c6ccccc6)c5c4)cc3)cc2)cc1. The second-order valence-electron chi connectivity index (χ2n) is 18.1. The summed E-state index contributed by atoms with van der Waals surface area (Å²) in [5.74, 6) is 0. The predicted molar refractivity (Wildman–Crippen MR) is 301 cm³/mol. The van der Waals surface area contributed by atoms with E-state index in [9.17, 15) is 0 Å². The maximum absolute atomic E-state index is 2.38. The zero-order valence-corrected chi connectivity index (χ0v) is 39.7. The Kier molecular flexibility index (Phi) is 11.6. The third-order valence-corrected chi connectivity index (χ3v) is 13.9. The average molecular weight is 913 g/mol. The summed E-state index contributed by atoms with van der Waals surface area (Å²) in [6.45, 7) is 0. The lowest BCUT2D eigenvalue weighted by atomic mass is 9.99. The van der Waals surface area contributed by atoms with Crippen molar-refractivity contribution < 1.29 is 0 Å². The molecule has 0 saturated heterocycles. The van der Waals surface area contributed by atoms with Gasteiger partial charge in [0.2, 0.25) is 0 Å². The summed E-state index contributed by atoms with van der Waals surface area (Å²) >= 11 is 0. The van der Waals surface area contributed by atoms with Crippen LogP contribution in [0.5, 0.6) is 0 Å². The summed E-state index contributed by atoms with van der Waals surface area (Å²) < 4.78 is 4.75. The van der Waals surface area contributed by atoms with Crippen LogP contribution in [-0.4, -0.2) is 16.2 Å². The number of benzene rings is 10. The van der Waals surface area contributed by atoms with Crippen molar-refractivity contribution in [1.82, 2.24) is 9.13 Å². The standard InChI is InChI=1S/C49H37N3.C18H15N/c1-50(40-13-5-2-6-14-40)41-29-25-38(26-30-41)36-21-23-37(24-22-36)39-27-31-44(32-28-39)51(42-15-7-3-8-16-42)45-33-34-47-46-19-11-12-20-48(46)52(49(47)35-45)43-17-9-4-10-18-43;1-2-8-14(9-3-1)19-17-12-6-4-10-15(17)16-11-5-7-13-18(16)19/h2-35H,1H3;1-4,6-10,12-13H,5,11H2. The number of allylic oxidation sites excluding steroid dienone is 1. The number of fused-ring (bicyclic) bond motifs is 6. The Hall–Kier alpha value is -9.12. The van der Waals surface area contributed by atoms with Crippen LogP contribution in [0.3, 0.4) is 0 Å². The lowest BCUT2D eigenvalue weighted by Crippen LogP contribution is -2.10. The molecule has 0 fully saturated rings. The second-order valence-corrected chi connectivity index (χ2v) is 18.1. The number of rotatable bonds is 9. The van der Waals surface area contributed by atoms with E-state index in [2.05, 4.69) is 293 Å². The largest absolute Gasteiger partial charge is 0.345 e. The minimum Gasteiger partial charge on any atom is -0.345 e. The zero-order chi connectivity index (χ0) is 47.5. The highest BCUT2D eigenvalue weighted by Crippen LogP contribution is 2.41. The van der Waals surface area contributed by atoms with E-state index in [0.717, 1.165) is 41.3 Å². The van der Waals surface area contributed by atoms with E-state index in [1.54, 1.807) is 0 Å². The van der Waals surface area contributed by atoms with Gasteiger partial charge in [-0.3, -0.25) is 0 Å². The van der Waals surface area contributed by atoms with E-state index in [0.29, 0.717) is 0 Å². The molecule has 4 heteroatoms. The Morgan fingerprint density at radius 2 is 0.746 bits per heavy atom. The molecule has 1 aliphatic rings. The number of aryl methyl sites for hydroxylation is 1. The summed E-state index contributed by atoms with van der Waals surface area (Å²) in [5, 5.41) is 3.89. The number of nitrogens with zero attached hydrogens (tertiary/aromatic N) is 4. The molecule has 0 spiro atoms. The van der Waals surface area contributed by atoms with Crippen LogP contribution in [0.15, 0.2) is 267 Å². The van der Waals surface area contributed by atoms with E-state index < -0.39 is 0 Å². The van der Waals surface area contributed by atoms with Crippen LogP contribution < -0.4 is 9.80 Å². The van der Waals surface area contributed by atoms with Crippen molar-refractivity contribution in [2.45, 2.75) is 12.8 Å². The van der Waals surface area contributed by atoms with Gasteiger partial charge in [-0.1, -0.05) is 170 Å². The lowest BCUT2D eigenvalue weighted by Gasteiger charge is -2.26. The van der Waals surface area contributed by atoms with Crippen LogP contribution in [0.2, 0.25) is 0 Å². The van der Waals surface area contributed by atoms with Crippen molar-refractivity contribution >= 4 is 67.2 Å². The molecule has 2 heterocycles. The first-order valence-corrected chi connectivity index (χ1v) is 24.5. The van der Waals surface area contributed by atoms with Crippen LogP contribution in [0.1, 0.15) is 17.7 Å².